The number of halogens is 16. The van der Waals surface area contributed by atoms with Gasteiger partial charge in [-0.3, -0.25) is 39.4 Å². The molecule has 0 spiro atoms. The summed E-state index contributed by atoms with van der Waals surface area (Å²) in [5.41, 5.74) is -5.02. The van der Waals surface area contributed by atoms with Gasteiger partial charge in [-0.2, -0.15) is 8.78 Å². The summed E-state index contributed by atoms with van der Waals surface area (Å²) in [5, 5.41) is 22.5. The molecule has 0 saturated carbocycles. The Labute approximate surface area is 436 Å². The van der Waals surface area contributed by atoms with E-state index >= 15 is 0 Å². The van der Waals surface area contributed by atoms with Gasteiger partial charge in [0.25, 0.3) is 0 Å². The van der Waals surface area contributed by atoms with E-state index in [1.807, 2.05) is 0 Å². The molecular formula is C52H22Cl2F14N2O8. The van der Waals surface area contributed by atoms with Gasteiger partial charge in [-0.25, -0.2) is 52.7 Å². The van der Waals surface area contributed by atoms with Crippen molar-refractivity contribution in [2.24, 2.45) is 0 Å². The summed E-state index contributed by atoms with van der Waals surface area (Å²) >= 11 is 11.5. The molecule has 10 nitrogen and oxygen atoms in total. The summed E-state index contributed by atoms with van der Waals surface area (Å²) < 4.78 is 183. The molecule has 0 unspecified atom stereocenters. The van der Waals surface area contributed by atoms with E-state index in [9.17, 15) is 101 Å². The van der Waals surface area contributed by atoms with Crippen LogP contribution in [0.2, 0.25) is 10.0 Å². The summed E-state index contributed by atoms with van der Waals surface area (Å²) in [6.07, 6.45) is 0. The molecular weight excluding hydrogens is 1120 g/mol. The van der Waals surface area contributed by atoms with Gasteiger partial charge in [0.05, 0.1) is 9.85 Å². The Bertz CT molecular complexity index is 3280. The van der Waals surface area contributed by atoms with Gasteiger partial charge < -0.3 is 0 Å². The number of nitrogens with zero attached hydrogens (tertiary/aromatic N) is 2. The van der Waals surface area contributed by atoms with Crippen LogP contribution in [0.15, 0.2) is 133 Å². The molecule has 0 aliphatic heterocycles. The average molecular weight is 1140 g/mol. The third-order valence-electron chi connectivity index (χ3n) is 10.1. The van der Waals surface area contributed by atoms with Crippen LogP contribution in [0.4, 0.5) is 72.8 Å². The molecule has 0 aliphatic rings. The normalized spacial score (nSPS) is 10.5. The zero-order valence-electron chi connectivity index (χ0n) is 37.9. The molecule has 0 aromatic heterocycles. The molecule has 0 bridgehead atoms. The third kappa shape index (κ3) is 13.8. The molecule has 8 aromatic carbocycles. The fourth-order valence-electron chi connectivity index (χ4n) is 6.23. The van der Waals surface area contributed by atoms with Crippen molar-refractivity contribution in [1.29, 1.82) is 0 Å². The van der Waals surface area contributed by atoms with E-state index in [0.29, 0.717) is 44.4 Å². The van der Waals surface area contributed by atoms with Crippen molar-refractivity contribution in [2.45, 2.75) is 0 Å². The van der Waals surface area contributed by atoms with Gasteiger partial charge in [0.1, 0.15) is 22.8 Å². The number of benzene rings is 8. The van der Waals surface area contributed by atoms with Gasteiger partial charge in [0.15, 0.2) is 63.9 Å². The molecule has 0 fully saturated rings. The SMILES string of the molecule is O=C(c1c(F)c(F)c(F)c(F)c1F)c1c(F)c(F)c(F)c(F)c1F.O=C(c1ccc(Cl)cc1)c1ccc(Cl)cc1.O=C(c1ccc(F)c([N+](=O)[O-])c1)c1ccc(F)c([N+](=O)[O-])c1.O=C(c1ccc(F)cc1)c1ccc(F)cc1. The molecule has 0 saturated heterocycles. The van der Waals surface area contributed by atoms with Gasteiger partial charge in [-0.1, -0.05) is 23.2 Å². The second-order valence-corrected chi connectivity index (χ2v) is 16.0. The molecule has 0 heterocycles. The quantitative estimate of drug-likeness (QED) is 0.0327. The van der Waals surface area contributed by atoms with Crippen molar-refractivity contribution < 1.29 is 90.5 Å². The lowest BCUT2D eigenvalue weighted by Crippen LogP contribution is -2.18. The lowest BCUT2D eigenvalue weighted by atomic mass is 9.99. The minimum absolute atomic E-state index is 0.0340. The average Bonchev–Trinajstić information content (AvgIpc) is 3.42. The molecule has 8 rings (SSSR count). The Balaban J connectivity index is 0.000000194. The van der Waals surface area contributed by atoms with Gasteiger partial charge in [0.2, 0.25) is 29.1 Å². The third-order valence-corrected chi connectivity index (χ3v) is 10.6. The topological polar surface area (TPSA) is 155 Å². The second kappa shape index (κ2) is 25.6. The van der Waals surface area contributed by atoms with Crippen LogP contribution in [0.25, 0.3) is 0 Å². The first kappa shape index (κ1) is 59.7. The highest BCUT2D eigenvalue weighted by Crippen LogP contribution is 2.30. The molecule has 0 atom stereocenters. The van der Waals surface area contributed by atoms with Crippen molar-refractivity contribution in [1.82, 2.24) is 0 Å². The number of nitro benzene ring substituents is 2. The zero-order chi connectivity index (χ0) is 58.0. The minimum atomic E-state index is -2.72. The van der Waals surface area contributed by atoms with E-state index in [1.165, 1.54) is 48.5 Å². The summed E-state index contributed by atoms with van der Waals surface area (Å²) in [5.74, 6) is -33.8. The van der Waals surface area contributed by atoms with Gasteiger partial charge in [-0.15, -0.1) is 0 Å². The highest BCUT2D eigenvalue weighted by atomic mass is 35.5. The van der Waals surface area contributed by atoms with E-state index in [0.717, 1.165) is 24.3 Å². The molecule has 0 amide bonds. The fourth-order valence-corrected chi connectivity index (χ4v) is 6.48. The predicted molar refractivity (Wildman–Crippen MR) is 248 cm³/mol. The van der Waals surface area contributed by atoms with Crippen LogP contribution >= 0.6 is 23.2 Å². The van der Waals surface area contributed by atoms with E-state index in [2.05, 4.69) is 0 Å². The molecule has 400 valence electrons. The Hall–Kier alpha value is -9.16. The van der Waals surface area contributed by atoms with Crippen LogP contribution in [0.5, 0.6) is 0 Å². The Morgan fingerprint density at radius 2 is 0.526 bits per heavy atom. The molecule has 26 heteroatoms. The molecule has 8 aromatic rings. The predicted octanol–water partition coefficient (Wildman–Crippen LogP) is 14.7. The fraction of sp³-hybridized carbons (Fsp3) is 0. The van der Waals surface area contributed by atoms with Crippen molar-refractivity contribution >= 4 is 57.7 Å². The Morgan fingerprint density at radius 3 is 0.782 bits per heavy atom. The molecule has 0 N–H and O–H groups in total. The highest BCUT2D eigenvalue weighted by molar-refractivity contribution is 6.31. The van der Waals surface area contributed by atoms with Crippen molar-refractivity contribution in [3.8, 4) is 0 Å². The van der Waals surface area contributed by atoms with E-state index < -0.39 is 125 Å². The van der Waals surface area contributed by atoms with Crippen molar-refractivity contribution in [3.05, 3.63) is 290 Å². The van der Waals surface area contributed by atoms with Crippen molar-refractivity contribution in [3.63, 3.8) is 0 Å². The van der Waals surface area contributed by atoms with Gasteiger partial charge in [-0.05, 0) is 121 Å². The van der Waals surface area contributed by atoms with Gasteiger partial charge in [0, 0.05) is 55.6 Å². The first-order valence-corrected chi connectivity index (χ1v) is 21.5. The number of nitro groups is 2. The Morgan fingerprint density at radius 1 is 0.308 bits per heavy atom. The van der Waals surface area contributed by atoms with Crippen LogP contribution in [0.1, 0.15) is 63.7 Å². The van der Waals surface area contributed by atoms with E-state index in [-0.39, 0.29) is 22.7 Å². The summed E-state index contributed by atoms with van der Waals surface area (Å²) in [4.78, 5) is 66.9. The summed E-state index contributed by atoms with van der Waals surface area (Å²) in [6, 6.07) is 29.0. The van der Waals surface area contributed by atoms with Gasteiger partial charge >= 0.3 is 11.4 Å². The number of carbonyl (C=O) groups excluding carboxylic acids is 4. The lowest BCUT2D eigenvalue weighted by Gasteiger charge is -2.10. The monoisotopic (exact) mass is 1140 g/mol. The molecule has 0 aliphatic carbocycles. The first-order valence-electron chi connectivity index (χ1n) is 20.8. The highest BCUT2D eigenvalue weighted by Gasteiger charge is 2.36. The number of carbonyl (C=O) groups is 4. The summed E-state index contributed by atoms with van der Waals surface area (Å²) in [7, 11) is 0. The maximum atomic E-state index is 13.4. The first-order chi connectivity index (χ1) is 36.7. The van der Waals surface area contributed by atoms with Crippen LogP contribution in [-0.4, -0.2) is 33.0 Å². The molecule has 0 radical (unpaired) electrons. The van der Waals surface area contributed by atoms with Crippen LogP contribution < -0.4 is 0 Å². The summed E-state index contributed by atoms with van der Waals surface area (Å²) in [6.45, 7) is 0. The minimum Gasteiger partial charge on any atom is -0.289 e. The Kier molecular flexibility index (Phi) is 19.6. The largest absolute Gasteiger partial charge is 0.305 e. The number of hydrogen-bond acceptors (Lipinski definition) is 8. The van der Waals surface area contributed by atoms with Crippen molar-refractivity contribution in [2.75, 3.05) is 0 Å². The second-order valence-electron chi connectivity index (χ2n) is 15.1. The smallest absolute Gasteiger partial charge is 0.289 e. The number of rotatable bonds is 10. The van der Waals surface area contributed by atoms with E-state index in [1.54, 1.807) is 48.5 Å². The van der Waals surface area contributed by atoms with Crippen LogP contribution in [0.3, 0.4) is 0 Å². The maximum absolute atomic E-state index is 13.4. The standard InChI is InChI=1S/C13H8Cl2O.C13F10O.C13H6F2N2O5.C13H8F2O/c14-11-5-1-9(2-6-11)13(16)10-3-7-12(15)8-4-10;14-3-1(4(15)8(19)11(22)7(3)18)13(24)2-5(16)9(20)12(23)10(21)6(2)17;14-9-3-1-7(5-11(9)16(19)20)13(18)8-2-4-10(15)12(6-8)17(21)22;14-11-5-1-9(2-6-11)13(16)10-3-7-12(15)8-4-10/h1-8H;;1-6H;1-8H. The lowest BCUT2D eigenvalue weighted by molar-refractivity contribution is -0.387. The molecule has 78 heavy (non-hydrogen) atoms. The van der Waals surface area contributed by atoms with E-state index in [4.69, 9.17) is 23.2 Å². The number of ketones is 4. The maximum Gasteiger partial charge on any atom is 0.305 e. The zero-order valence-corrected chi connectivity index (χ0v) is 39.4. The van der Waals surface area contributed by atoms with Crippen LogP contribution in [0, 0.1) is 102 Å². The van der Waals surface area contributed by atoms with Crippen LogP contribution in [-0.2, 0) is 0 Å². The number of hydrogen-bond donors (Lipinski definition) is 0.